The van der Waals surface area contributed by atoms with E-state index in [0.717, 1.165) is 0 Å². The minimum atomic E-state index is -0.484. The van der Waals surface area contributed by atoms with Crippen molar-refractivity contribution in [1.82, 2.24) is 0 Å². The molecule has 96 valence electrons. The summed E-state index contributed by atoms with van der Waals surface area (Å²) in [5.41, 5.74) is 0.639. The van der Waals surface area contributed by atoms with E-state index in [1.807, 2.05) is 13.8 Å². The molecular formula is C13H20O4. The summed E-state index contributed by atoms with van der Waals surface area (Å²) in [5, 5.41) is 0. The standard InChI is InChI=1S/C13H20O4/c1-8(2)11(17-13(15)10(5)6)7-16-12(14)9(3)4/h8,11H,3,5,7H2,1-2,4,6H3. The molecule has 1 unspecified atom stereocenters. The lowest BCUT2D eigenvalue weighted by molar-refractivity contribution is -0.156. The van der Waals surface area contributed by atoms with Crippen LogP contribution < -0.4 is 0 Å². The molecule has 0 bridgehead atoms. The van der Waals surface area contributed by atoms with Crippen molar-refractivity contribution >= 4 is 11.9 Å². The second-order valence-electron chi connectivity index (χ2n) is 4.35. The summed E-state index contributed by atoms with van der Waals surface area (Å²) in [5.74, 6) is -0.909. The molecule has 0 radical (unpaired) electrons. The lowest BCUT2D eigenvalue weighted by Crippen LogP contribution is -2.30. The number of hydrogen-bond acceptors (Lipinski definition) is 4. The fourth-order valence-corrected chi connectivity index (χ4v) is 0.882. The Kier molecular flexibility index (Phi) is 6.25. The van der Waals surface area contributed by atoms with E-state index in [9.17, 15) is 9.59 Å². The molecule has 17 heavy (non-hydrogen) atoms. The van der Waals surface area contributed by atoms with Gasteiger partial charge in [0, 0.05) is 11.1 Å². The van der Waals surface area contributed by atoms with Gasteiger partial charge in [0.15, 0.2) is 0 Å². The van der Waals surface area contributed by atoms with Crippen LogP contribution in [-0.4, -0.2) is 24.6 Å². The summed E-state index contributed by atoms with van der Waals surface area (Å²) in [6.45, 7) is 13.9. The molecule has 0 aromatic rings. The second-order valence-corrected chi connectivity index (χ2v) is 4.35. The van der Waals surface area contributed by atoms with Crippen LogP contribution in [0.5, 0.6) is 0 Å². The van der Waals surface area contributed by atoms with Gasteiger partial charge in [0.25, 0.3) is 0 Å². The number of rotatable bonds is 6. The number of esters is 2. The quantitative estimate of drug-likeness (QED) is 0.528. The van der Waals surface area contributed by atoms with E-state index in [1.54, 1.807) is 13.8 Å². The van der Waals surface area contributed by atoms with Crippen LogP contribution in [0.15, 0.2) is 24.3 Å². The first kappa shape index (κ1) is 15.4. The average Bonchev–Trinajstić information content (AvgIpc) is 2.22. The Balaban J connectivity index is 4.36. The topological polar surface area (TPSA) is 52.6 Å². The van der Waals surface area contributed by atoms with E-state index in [0.29, 0.717) is 11.1 Å². The van der Waals surface area contributed by atoms with Crippen molar-refractivity contribution in [2.45, 2.75) is 33.8 Å². The maximum atomic E-state index is 11.4. The summed E-state index contributed by atoms with van der Waals surface area (Å²) >= 11 is 0. The molecule has 0 heterocycles. The van der Waals surface area contributed by atoms with Crippen molar-refractivity contribution in [2.24, 2.45) is 5.92 Å². The minimum absolute atomic E-state index is 0.0301. The van der Waals surface area contributed by atoms with Crippen LogP contribution in [0.3, 0.4) is 0 Å². The Morgan fingerprint density at radius 3 is 1.88 bits per heavy atom. The fraction of sp³-hybridized carbons (Fsp3) is 0.538. The van der Waals surface area contributed by atoms with E-state index in [1.165, 1.54) is 0 Å². The van der Waals surface area contributed by atoms with Gasteiger partial charge < -0.3 is 9.47 Å². The number of carbonyl (C=O) groups excluding carboxylic acids is 2. The summed E-state index contributed by atoms with van der Waals surface area (Å²) in [6, 6.07) is 0. The monoisotopic (exact) mass is 240 g/mol. The predicted octanol–water partition coefficient (Wildman–Crippen LogP) is 2.25. The van der Waals surface area contributed by atoms with Gasteiger partial charge in [0.1, 0.15) is 12.7 Å². The van der Waals surface area contributed by atoms with Crippen LogP contribution in [0, 0.1) is 5.92 Å². The van der Waals surface area contributed by atoms with Gasteiger partial charge in [-0.2, -0.15) is 0 Å². The largest absolute Gasteiger partial charge is 0.458 e. The van der Waals surface area contributed by atoms with E-state index in [-0.39, 0.29) is 12.5 Å². The van der Waals surface area contributed by atoms with Crippen molar-refractivity contribution in [3.05, 3.63) is 24.3 Å². The summed E-state index contributed by atoms with van der Waals surface area (Å²) in [4.78, 5) is 22.6. The normalized spacial score (nSPS) is 11.8. The Hall–Kier alpha value is -1.58. The van der Waals surface area contributed by atoms with Gasteiger partial charge >= 0.3 is 11.9 Å². The van der Waals surface area contributed by atoms with Gasteiger partial charge in [-0.25, -0.2) is 9.59 Å². The zero-order valence-corrected chi connectivity index (χ0v) is 10.9. The van der Waals surface area contributed by atoms with Gasteiger partial charge in [0.2, 0.25) is 0 Å². The molecule has 0 saturated carbocycles. The molecule has 0 aromatic carbocycles. The van der Waals surface area contributed by atoms with E-state index in [2.05, 4.69) is 13.2 Å². The highest BCUT2D eigenvalue weighted by Gasteiger charge is 2.20. The molecular weight excluding hydrogens is 220 g/mol. The number of hydrogen-bond donors (Lipinski definition) is 0. The summed E-state index contributed by atoms with van der Waals surface area (Å²) in [6.07, 6.45) is -0.470. The number of carbonyl (C=O) groups is 2. The zero-order valence-electron chi connectivity index (χ0n) is 10.9. The SMILES string of the molecule is C=C(C)C(=O)OCC(OC(=O)C(=C)C)C(C)C. The molecule has 4 nitrogen and oxygen atoms in total. The Labute approximate surface area is 102 Å². The molecule has 0 rings (SSSR count). The summed E-state index contributed by atoms with van der Waals surface area (Å²) in [7, 11) is 0. The van der Waals surface area contributed by atoms with Gasteiger partial charge in [-0.15, -0.1) is 0 Å². The van der Waals surface area contributed by atoms with E-state index < -0.39 is 18.0 Å². The molecule has 0 N–H and O–H groups in total. The molecule has 0 fully saturated rings. The molecule has 0 aliphatic heterocycles. The predicted molar refractivity (Wildman–Crippen MR) is 65.3 cm³/mol. The highest BCUT2D eigenvalue weighted by atomic mass is 16.6. The summed E-state index contributed by atoms with van der Waals surface area (Å²) < 4.78 is 10.1. The van der Waals surface area contributed by atoms with E-state index >= 15 is 0 Å². The highest BCUT2D eigenvalue weighted by molar-refractivity contribution is 5.87. The third-order valence-electron chi connectivity index (χ3n) is 2.08. The molecule has 4 heteroatoms. The molecule has 1 atom stereocenters. The molecule has 0 aliphatic carbocycles. The van der Waals surface area contributed by atoms with Crippen LogP contribution in [0.2, 0.25) is 0 Å². The van der Waals surface area contributed by atoms with Crippen LogP contribution in [0.25, 0.3) is 0 Å². The first-order valence-electron chi connectivity index (χ1n) is 5.44. The Morgan fingerprint density at radius 1 is 1.06 bits per heavy atom. The average molecular weight is 240 g/mol. The lowest BCUT2D eigenvalue weighted by atomic mass is 10.1. The van der Waals surface area contributed by atoms with Gasteiger partial charge in [0.05, 0.1) is 0 Å². The van der Waals surface area contributed by atoms with Gasteiger partial charge in [-0.1, -0.05) is 27.0 Å². The van der Waals surface area contributed by atoms with Gasteiger partial charge in [-0.3, -0.25) is 0 Å². The second kappa shape index (κ2) is 6.89. The smallest absolute Gasteiger partial charge is 0.333 e. The van der Waals surface area contributed by atoms with Crippen LogP contribution in [-0.2, 0) is 19.1 Å². The van der Waals surface area contributed by atoms with Crippen molar-refractivity contribution < 1.29 is 19.1 Å². The van der Waals surface area contributed by atoms with Gasteiger partial charge in [-0.05, 0) is 19.8 Å². The van der Waals surface area contributed by atoms with Crippen molar-refractivity contribution in [3.8, 4) is 0 Å². The maximum absolute atomic E-state index is 11.4. The first-order valence-corrected chi connectivity index (χ1v) is 5.44. The molecule has 0 aliphatic rings. The molecule has 0 amide bonds. The number of ether oxygens (including phenoxy) is 2. The van der Waals surface area contributed by atoms with E-state index in [4.69, 9.17) is 9.47 Å². The fourth-order valence-electron chi connectivity index (χ4n) is 0.882. The third-order valence-corrected chi connectivity index (χ3v) is 2.08. The highest BCUT2D eigenvalue weighted by Crippen LogP contribution is 2.10. The molecule has 0 saturated heterocycles. The maximum Gasteiger partial charge on any atom is 0.333 e. The van der Waals surface area contributed by atoms with Crippen LogP contribution in [0.1, 0.15) is 27.7 Å². The van der Waals surface area contributed by atoms with Crippen molar-refractivity contribution in [1.29, 1.82) is 0 Å². The van der Waals surface area contributed by atoms with Crippen LogP contribution >= 0.6 is 0 Å². The molecule has 0 spiro atoms. The Bertz CT molecular complexity index is 328. The first-order chi connectivity index (χ1) is 7.75. The van der Waals surface area contributed by atoms with Crippen molar-refractivity contribution in [2.75, 3.05) is 6.61 Å². The minimum Gasteiger partial charge on any atom is -0.458 e. The van der Waals surface area contributed by atoms with Crippen molar-refractivity contribution in [3.63, 3.8) is 0 Å². The lowest BCUT2D eigenvalue weighted by Gasteiger charge is -2.21. The van der Waals surface area contributed by atoms with Crippen LogP contribution in [0.4, 0.5) is 0 Å². The molecule has 0 aromatic heterocycles. The Morgan fingerprint density at radius 2 is 1.53 bits per heavy atom. The third kappa shape index (κ3) is 5.90. The zero-order chi connectivity index (χ0) is 13.6.